The molecule has 0 bridgehead atoms. The largest absolute Gasteiger partial charge is 0.496 e. The summed E-state index contributed by atoms with van der Waals surface area (Å²) in [4.78, 5) is 4.04. The fourth-order valence-electron chi connectivity index (χ4n) is 1.61. The lowest BCUT2D eigenvalue weighted by atomic mass is 10.1. The maximum Gasteiger partial charge on any atom is 0.115 e. The highest BCUT2D eigenvalue weighted by Crippen LogP contribution is 2.22. The minimum absolute atomic E-state index is 0.178. The zero-order chi connectivity index (χ0) is 9.97. The van der Waals surface area contributed by atoms with Crippen molar-refractivity contribution in [1.82, 2.24) is 9.55 Å². The number of hydrogen-bond acceptors (Lipinski definition) is 3. The summed E-state index contributed by atoms with van der Waals surface area (Å²) in [6.45, 7) is 0.775. The van der Waals surface area contributed by atoms with Crippen LogP contribution in [0, 0.1) is 0 Å². The van der Waals surface area contributed by atoms with Gasteiger partial charge in [0.05, 0.1) is 24.8 Å². The molecule has 0 aliphatic carbocycles. The van der Waals surface area contributed by atoms with Crippen molar-refractivity contribution in [1.29, 1.82) is 0 Å². The fraction of sp³-hybridized carbons (Fsp3) is 0.500. The lowest BCUT2D eigenvalue weighted by Gasteiger charge is -2.20. The molecule has 0 aromatic carbocycles. The normalized spacial score (nSPS) is 18.6. The maximum atomic E-state index is 6.06. The van der Waals surface area contributed by atoms with Crippen LogP contribution in [0.1, 0.15) is 24.6 Å². The summed E-state index contributed by atoms with van der Waals surface area (Å²) in [7, 11) is 1.94. The van der Waals surface area contributed by atoms with Gasteiger partial charge in [0, 0.05) is 7.05 Å². The van der Waals surface area contributed by atoms with Gasteiger partial charge in [-0.3, -0.25) is 0 Å². The molecular formula is C10H15N3O. The molecule has 1 aliphatic heterocycles. The SMILES string of the molecule is Cn1cncc1C(N)C1=CCCCO1. The molecule has 1 aliphatic rings. The first-order valence-electron chi connectivity index (χ1n) is 4.83. The molecule has 14 heavy (non-hydrogen) atoms. The Hall–Kier alpha value is -1.29. The number of nitrogens with zero attached hydrogens (tertiary/aromatic N) is 2. The summed E-state index contributed by atoms with van der Waals surface area (Å²) >= 11 is 0. The number of nitrogens with two attached hydrogens (primary N) is 1. The van der Waals surface area contributed by atoms with Crippen LogP contribution in [0.2, 0.25) is 0 Å². The molecule has 0 saturated carbocycles. The van der Waals surface area contributed by atoms with E-state index >= 15 is 0 Å². The lowest BCUT2D eigenvalue weighted by Crippen LogP contribution is -2.20. The monoisotopic (exact) mass is 193 g/mol. The molecule has 1 aromatic rings. The average Bonchev–Trinajstić information content (AvgIpc) is 2.65. The van der Waals surface area contributed by atoms with Gasteiger partial charge in [0.15, 0.2) is 0 Å². The first-order chi connectivity index (χ1) is 6.79. The third-order valence-electron chi connectivity index (χ3n) is 2.44. The smallest absolute Gasteiger partial charge is 0.115 e. The van der Waals surface area contributed by atoms with Gasteiger partial charge in [0.1, 0.15) is 11.8 Å². The molecule has 4 heteroatoms. The number of allylic oxidation sites excluding steroid dienone is 1. The van der Waals surface area contributed by atoms with Gasteiger partial charge in [-0.1, -0.05) is 0 Å². The minimum atomic E-state index is -0.178. The number of imidazole rings is 1. The van der Waals surface area contributed by atoms with E-state index in [2.05, 4.69) is 11.1 Å². The Labute approximate surface area is 83.4 Å². The third kappa shape index (κ3) is 1.65. The van der Waals surface area contributed by atoms with Gasteiger partial charge in [-0.15, -0.1) is 0 Å². The van der Waals surface area contributed by atoms with Crippen LogP contribution in [0.3, 0.4) is 0 Å². The van der Waals surface area contributed by atoms with E-state index in [4.69, 9.17) is 10.5 Å². The van der Waals surface area contributed by atoms with Crippen LogP contribution in [-0.2, 0) is 11.8 Å². The van der Waals surface area contributed by atoms with E-state index in [0.717, 1.165) is 30.9 Å². The molecule has 1 aromatic heterocycles. The van der Waals surface area contributed by atoms with Crippen LogP contribution in [0.25, 0.3) is 0 Å². The van der Waals surface area contributed by atoms with Crippen LogP contribution >= 0.6 is 0 Å². The topological polar surface area (TPSA) is 53.1 Å². The van der Waals surface area contributed by atoms with Crippen molar-refractivity contribution in [2.24, 2.45) is 12.8 Å². The molecule has 2 heterocycles. The zero-order valence-corrected chi connectivity index (χ0v) is 8.31. The molecule has 0 radical (unpaired) electrons. The minimum Gasteiger partial charge on any atom is -0.496 e. The second-order valence-corrected chi connectivity index (χ2v) is 3.50. The van der Waals surface area contributed by atoms with Crippen LogP contribution in [0.5, 0.6) is 0 Å². The molecule has 76 valence electrons. The van der Waals surface area contributed by atoms with E-state index in [-0.39, 0.29) is 6.04 Å². The molecule has 2 N–H and O–H groups in total. The van der Waals surface area contributed by atoms with E-state index in [1.54, 1.807) is 12.5 Å². The van der Waals surface area contributed by atoms with Gasteiger partial charge >= 0.3 is 0 Å². The van der Waals surface area contributed by atoms with Gasteiger partial charge in [-0.25, -0.2) is 4.98 Å². The highest BCUT2D eigenvalue weighted by atomic mass is 16.5. The zero-order valence-electron chi connectivity index (χ0n) is 8.31. The molecule has 1 atom stereocenters. The maximum absolute atomic E-state index is 6.06. The van der Waals surface area contributed by atoms with Crippen LogP contribution in [0.4, 0.5) is 0 Å². The van der Waals surface area contributed by atoms with E-state index in [9.17, 15) is 0 Å². The number of ether oxygens (including phenoxy) is 1. The standard InChI is InChI=1S/C10H15N3O/c1-13-7-12-6-8(13)10(11)9-4-2-3-5-14-9/h4,6-7,10H,2-3,5,11H2,1H3. The predicted octanol–water partition coefficient (Wildman–Crippen LogP) is 1.11. The highest BCUT2D eigenvalue weighted by molar-refractivity contribution is 5.17. The van der Waals surface area contributed by atoms with Crippen LogP contribution in [-0.4, -0.2) is 16.2 Å². The van der Waals surface area contributed by atoms with Crippen molar-refractivity contribution < 1.29 is 4.74 Å². The van der Waals surface area contributed by atoms with Crippen molar-refractivity contribution in [2.75, 3.05) is 6.61 Å². The van der Waals surface area contributed by atoms with Crippen molar-refractivity contribution >= 4 is 0 Å². The van der Waals surface area contributed by atoms with E-state index in [1.165, 1.54) is 0 Å². The first-order valence-corrected chi connectivity index (χ1v) is 4.83. The Morgan fingerprint density at radius 1 is 1.64 bits per heavy atom. The summed E-state index contributed by atoms with van der Waals surface area (Å²) in [6, 6.07) is -0.178. The second-order valence-electron chi connectivity index (χ2n) is 3.50. The third-order valence-corrected chi connectivity index (χ3v) is 2.44. The highest BCUT2D eigenvalue weighted by Gasteiger charge is 2.17. The summed E-state index contributed by atoms with van der Waals surface area (Å²) in [6.07, 6.45) is 7.74. The molecule has 0 spiro atoms. The number of rotatable bonds is 2. The number of aryl methyl sites for hydroxylation is 1. The summed E-state index contributed by atoms with van der Waals surface area (Å²) in [5.74, 6) is 0.875. The second kappa shape index (κ2) is 3.84. The Kier molecular flexibility index (Phi) is 2.54. The van der Waals surface area contributed by atoms with Crippen molar-refractivity contribution in [3.8, 4) is 0 Å². The van der Waals surface area contributed by atoms with Gasteiger partial charge in [-0.05, 0) is 18.9 Å². The van der Waals surface area contributed by atoms with Gasteiger partial charge in [-0.2, -0.15) is 0 Å². The van der Waals surface area contributed by atoms with Crippen LogP contribution < -0.4 is 5.73 Å². The average molecular weight is 193 g/mol. The molecular weight excluding hydrogens is 178 g/mol. The lowest BCUT2D eigenvalue weighted by molar-refractivity contribution is 0.174. The molecule has 2 rings (SSSR count). The van der Waals surface area contributed by atoms with Crippen molar-refractivity contribution in [3.05, 3.63) is 30.1 Å². The Bertz CT molecular complexity index is 343. The number of hydrogen-bond donors (Lipinski definition) is 1. The molecule has 0 amide bonds. The first kappa shape index (κ1) is 9.27. The van der Waals surface area contributed by atoms with Crippen molar-refractivity contribution in [2.45, 2.75) is 18.9 Å². The van der Waals surface area contributed by atoms with E-state index < -0.39 is 0 Å². The van der Waals surface area contributed by atoms with Crippen molar-refractivity contribution in [3.63, 3.8) is 0 Å². The Balaban J connectivity index is 2.19. The molecule has 0 saturated heterocycles. The Morgan fingerprint density at radius 2 is 2.50 bits per heavy atom. The molecule has 4 nitrogen and oxygen atoms in total. The summed E-state index contributed by atoms with van der Waals surface area (Å²) in [5, 5.41) is 0. The van der Waals surface area contributed by atoms with Gasteiger partial charge in [0.2, 0.25) is 0 Å². The van der Waals surface area contributed by atoms with E-state index in [0.29, 0.717) is 0 Å². The van der Waals surface area contributed by atoms with Gasteiger partial charge < -0.3 is 15.0 Å². The predicted molar refractivity (Wildman–Crippen MR) is 53.4 cm³/mol. The quantitative estimate of drug-likeness (QED) is 0.765. The van der Waals surface area contributed by atoms with Gasteiger partial charge in [0.25, 0.3) is 0 Å². The Morgan fingerprint density at radius 3 is 3.07 bits per heavy atom. The fourth-order valence-corrected chi connectivity index (χ4v) is 1.61. The summed E-state index contributed by atoms with van der Waals surface area (Å²) < 4.78 is 7.43. The number of aromatic nitrogens is 2. The molecule has 0 fully saturated rings. The summed E-state index contributed by atoms with van der Waals surface area (Å²) in [5.41, 5.74) is 7.05. The van der Waals surface area contributed by atoms with E-state index in [1.807, 2.05) is 11.6 Å². The van der Waals surface area contributed by atoms with Crippen LogP contribution in [0.15, 0.2) is 24.4 Å². The molecule has 1 unspecified atom stereocenters.